The van der Waals surface area contributed by atoms with Gasteiger partial charge in [0.1, 0.15) is 16.8 Å². The van der Waals surface area contributed by atoms with E-state index in [1.165, 1.54) is 38.1 Å². The van der Waals surface area contributed by atoms with Crippen LogP contribution in [0.5, 0.6) is 0 Å². The van der Waals surface area contributed by atoms with Crippen LogP contribution in [0.15, 0.2) is 174 Å². The van der Waals surface area contributed by atoms with E-state index in [1.54, 1.807) is 0 Å². The molecule has 4 aromatic heterocycles. The number of hydrogen-bond donors (Lipinski definition) is 0. The van der Waals surface area contributed by atoms with Crippen LogP contribution >= 0.6 is 0 Å². The van der Waals surface area contributed by atoms with Gasteiger partial charge in [0.25, 0.3) is 0 Å². The summed E-state index contributed by atoms with van der Waals surface area (Å²) < 4.78 is 11.2. The number of fused-ring (bicyclic) bond motifs is 9. The lowest BCUT2D eigenvalue weighted by Gasteiger charge is -2.11. The Labute approximate surface area is 292 Å². The van der Waals surface area contributed by atoms with Gasteiger partial charge in [0.15, 0.2) is 11.4 Å². The Kier molecular flexibility index (Phi) is 5.89. The monoisotopic (exact) mass is 652 g/mol. The molecule has 5 heteroatoms. The number of aromatic nitrogens is 4. The Morgan fingerprint density at radius 1 is 0.392 bits per heavy atom. The van der Waals surface area contributed by atoms with Crippen molar-refractivity contribution in [3.8, 4) is 34.0 Å². The van der Waals surface area contributed by atoms with Crippen molar-refractivity contribution in [1.82, 2.24) is 19.1 Å². The third kappa shape index (κ3) is 4.15. The topological polar surface area (TPSA) is 48.8 Å². The van der Waals surface area contributed by atoms with E-state index in [9.17, 15) is 0 Å². The lowest BCUT2D eigenvalue weighted by Crippen LogP contribution is -1.96. The van der Waals surface area contributed by atoms with Gasteiger partial charge in [-0.05, 0) is 60.7 Å². The molecule has 0 atom stereocenters. The maximum Gasteiger partial charge on any atom is 0.180 e. The highest BCUT2D eigenvalue weighted by atomic mass is 16.3. The molecule has 0 fully saturated rings. The van der Waals surface area contributed by atoms with Crippen molar-refractivity contribution in [2.45, 2.75) is 0 Å². The average molecular weight is 653 g/mol. The van der Waals surface area contributed by atoms with Gasteiger partial charge < -0.3 is 13.6 Å². The van der Waals surface area contributed by atoms with Crippen LogP contribution in [0.4, 0.5) is 0 Å². The van der Waals surface area contributed by atoms with Crippen molar-refractivity contribution in [2.75, 3.05) is 0 Å². The predicted molar refractivity (Wildman–Crippen MR) is 209 cm³/mol. The first-order valence-electron chi connectivity index (χ1n) is 17.2. The largest absolute Gasteiger partial charge is 0.452 e. The highest BCUT2D eigenvalue weighted by Crippen LogP contribution is 2.40. The molecule has 0 aliphatic heterocycles. The maximum atomic E-state index is 6.42. The van der Waals surface area contributed by atoms with Gasteiger partial charge in [-0.25, -0.2) is 9.97 Å². The average Bonchev–Trinajstić information content (AvgIpc) is 3.85. The molecule has 0 amide bonds. The lowest BCUT2D eigenvalue weighted by atomic mass is 10.1. The first-order chi connectivity index (χ1) is 25.3. The number of benzene rings is 7. The summed E-state index contributed by atoms with van der Waals surface area (Å²) in [5.41, 5.74) is 12.0. The van der Waals surface area contributed by atoms with Gasteiger partial charge >= 0.3 is 0 Å². The fourth-order valence-corrected chi connectivity index (χ4v) is 7.84. The fourth-order valence-electron chi connectivity index (χ4n) is 7.84. The van der Waals surface area contributed by atoms with E-state index >= 15 is 0 Å². The summed E-state index contributed by atoms with van der Waals surface area (Å²) in [6, 6.07) is 59.7. The summed E-state index contributed by atoms with van der Waals surface area (Å²) in [6.45, 7) is 0. The third-order valence-electron chi connectivity index (χ3n) is 10.1. The quantitative estimate of drug-likeness (QED) is 0.190. The Balaban J connectivity index is 1.13. The fraction of sp³-hybridized carbons (Fsp3) is 0. The van der Waals surface area contributed by atoms with Gasteiger partial charge in [-0.2, -0.15) is 0 Å². The van der Waals surface area contributed by atoms with E-state index in [2.05, 4.69) is 130 Å². The number of rotatable bonds is 4. The van der Waals surface area contributed by atoms with Crippen LogP contribution < -0.4 is 0 Å². The predicted octanol–water partition coefficient (Wildman–Crippen LogP) is 11.9. The molecule has 51 heavy (non-hydrogen) atoms. The van der Waals surface area contributed by atoms with Crippen molar-refractivity contribution >= 4 is 65.7 Å². The number of nitrogens with zero attached hydrogens (tertiary/aromatic N) is 4. The minimum Gasteiger partial charge on any atom is -0.452 e. The first-order valence-corrected chi connectivity index (χ1v) is 17.2. The van der Waals surface area contributed by atoms with E-state index in [4.69, 9.17) is 14.4 Å². The second kappa shape index (κ2) is 10.8. The first kappa shape index (κ1) is 27.9. The molecule has 7 aromatic carbocycles. The molecule has 0 aliphatic rings. The lowest BCUT2D eigenvalue weighted by molar-refractivity contribution is 0.667. The van der Waals surface area contributed by atoms with Gasteiger partial charge in [-0.3, -0.25) is 0 Å². The van der Waals surface area contributed by atoms with Crippen molar-refractivity contribution in [1.29, 1.82) is 0 Å². The van der Waals surface area contributed by atoms with Crippen LogP contribution in [-0.4, -0.2) is 19.1 Å². The van der Waals surface area contributed by atoms with Crippen LogP contribution in [0.1, 0.15) is 0 Å². The van der Waals surface area contributed by atoms with E-state index in [-0.39, 0.29) is 0 Å². The standard InChI is InChI=1S/C46H28N4O/c1-3-13-30(14-4-1)46-47-43(45-44(48-46)35-19-9-12-22-42(35)51-45)29-23-25-32(26-24-29)50-39-21-11-8-18-34(39)37-27-40-36(28-41(37)50)33-17-7-10-20-38(33)49(40)31-15-5-2-6-16-31/h1-28H. The molecule has 0 saturated heterocycles. The van der Waals surface area contributed by atoms with Gasteiger partial charge in [0, 0.05) is 49.4 Å². The maximum absolute atomic E-state index is 6.42. The number of furan rings is 1. The number of para-hydroxylation sites is 4. The zero-order valence-electron chi connectivity index (χ0n) is 27.4. The molecule has 238 valence electrons. The van der Waals surface area contributed by atoms with E-state index in [1.807, 2.05) is 48.5 Å². The molecule has 0 spiro atoms. The zero-order valence-corrected chi connectivity index (χ0v) is 27.4. The summed E-state index contributed by atoms with van der Waals surface area (Å²) in [4.78, 5) is 10.1. The minimum atomic E-state index is 0.676. The van der Waals surface area contributed by atoms with Crippen LogP contribution in [0.3, 0.4) is 0 Å². The van der Waals surface area contributed by atoms with Gasteiger partial charge in [0.05, 0.1) is 22.1 Å². The Morgan fingerprint density at radius 3 is 1.57 bits per heavy atom. The normalized spacial score (nSPS) is 11.9. The van der Waals surface area contributed by atoms with Crippen molar-refractivity contribution in [2.24, 2.45) is 0 Å². The van der Waals surface area contributed by atoms with Gasteiger partial charge in [0.2, 0.25) is 0 Å². The SMILES string of the molecule is c1ccc(-c2nc(-c3ccc(-n4c5ccccc5c5cc6c(cc54)c4ccccc4n6-c4ccccc4)cc3)c3oc4ccccc4c3n2)cc1. The molecule has 0 unspecified atom stereocenters. The van der Waals surface area contributed by atoms with Gasteiger partial charge in [-0.1, -0.05) is 109 Å². The molecule has 0 saturated carbocycles. The molecule has 11 rings (SSSR count). The van der Waals surface area contributed by atoms with Crippen molar-refractivity contribution in [3.63, 3.8) is 0 Å². The molecular formula is C46H28N4O. The highest BCUT2D eigenvalue weighted by molar-refractivity contribution is 6.19. The second-order valence-electron chi connectivity index (χ2n) is 13.0. The van der Waals surface area contributed by atoms with E-state index < -0.39 is 0 Å². The Morgan fingerprint density at radius 2 is 0.922 bits per heavy atom. The van der Waals surface area contributed by atoms with Crippen molar-refractivity contribution in [3.05, 3.63) is 170 Å². The molecule has 0 bridgehead atoms. The molecule has 0 N–H and O–H groups in total. The third-order valence-corrected chi connectivity index (χ3v) is 10.1. The minimum absolute atomic E-state index is 0.676. The van der Waals surface area contributed by atoms with Crippen molar-refractivity contribution < 1.29 is 4.42 Å². The Bertz CT molecular complexity index is 3120. The number of hydrogen-bond acceptors (Lipinski definition) is 3. The second-order valence-corrected chi connectivity index (χ2v) is 13.0. The summed E-state index contributed by atoms with van der Waals surface area (Å²) in [7, 11) is 0. The van der Waals surface area contributed by atoms with Crippen LogP contribution in [0.25, 0.3) is 99.7 Å². The van der Waals surface area contributed by atoms with Crippen LogP contribution in [0.2, 0.25) is 0 Å². The highest BCUT2D eigenvalue weighted by Gasteiger charge is 2.20. The van der Waals surface area contributed by atoms with E-state index in [0.29, 0.717) is 11.4 Å². The summed E-state index contributed by atoms with van der Waals surface area (Å²) >= 11 is 0. The molecule has 0 aliphatic carbocycles. The van der Waals surface area contributed by atoms with Crippen LogP contribution in [0, 0.1) is 0 Å². The van der Waals surface area contributed by atoms with Crippen LogP contribution in [-0.2, 0) is 0 Å². The Hall–Kier alpha value is -6.98. The summed E-state index contributed by atoms with van der Waals surface area (Å²) in [5, 5.41) is 5.88. The molecular weight excluding hydrogens is 625 g/mol. The molecule has 11 aromatic rings. The molecule has 0 radical (unpaired) electrons. The molecule has 5 nitrogen and oxygen atoms in total. The van der Waals surface area contributed by atoms with Gasteiger partial charge in [-0.15, -0.1) is 0 Å². The smallest absolute Gasteiger partial charge is 0.180 e. The summed E-state index contributed by atoms with van der Waals surface area (Å²) in [6.07, 6.45) is 0. The van der Waals surface area contributed by atoms with E-state index in [0.717, 1.165) is 50.2 Å². The zero-order chi connectivity index (χ0) is 33.5. The summed E-state index contributed by atoms with van der Waals surface area (Å²) in [5.74, 6) is 0.676. The molecule has 4 heterocycles.